The highest BCUT2D eigenvalue weighted by molar-refractivity contribution is 7.93. The lowest BCUT2D eigenvalue weighted by molar-refractivity contribution is -0.0429. The Kier molecular flexibility index (Phi) is 6.67. The van der Waals surface area contributed by atoms with Crippen molar-refractivity contribution < 1.29 is 26.4 Å². The molecule has 1 rings (SSSR count). The minimum absolute atomic E-state index is 0.0968. The summed E-state index contributed by atoms with van der Waals surface area (Å²) >= 11 is 5.85. The number of anilines is 1. The van der Waals surface area contributed by atoms with E-state index in [0.29, 0.717) is 5.57 Å². The lowest BCUT2D eigenvalue weighted by Crippen LogP contribution is -2.30. The number of nitrogens with one attached hydrogen (secondary N) is 1. The molecule has 10 heteroatoms. The summed E-state index contributed by atoms with van der Waals surface area (Å²) in [5.74, 6) is 0. The van der Waals surface area contributed by atoms with E-state index in [1.807, 2.05) is 0 Å². The molecule has 0 spiro atoms. The predicted molar refractivity (Wildman–Crippen MR) is 87.6 cm³/mol. The molecule has 0 saturated carbocycles. The minimum atomic E-state index is -5.56. The highest BCUT2D eigenvalue weighted by atomic mass is 35.5. The Morgan fingerprint density at radius 2 is 2.04 bits per heavy atom. The van der Waals surface area contributed by atoms with Crippen LogP contribution in [-0.2, 0) is 14.9 Å². The number of benzene rings is 1. The van der Waals surface area contributed by atoms with Crippen LogP contribution < -0.4 is 4.72 Å². The number of sulfonamides is 1. The van der Waals surface area contributed by atoms with Gasteiger partial charge in [0, 0.05) is 10.6 Å². The van der Waals surface area contributed by atoms with Gasteiger partial charge in [-0.25, -0.2) is 0 Å². The van der Waals surface area contributed by atoms with Crippen LogP contribution in [0.15, 0.2) is 35.5 Å². The van der Waals surface area contributed by atoms with E-state index < -0.39 is 15.5 Å². The zero-order chi connectivity index (χ0) is 18.5. The van der Waals surface area contributed by atoms with E-state index >= 15 is 0 Å². The maximum absolute atomic E-state index is 12.6. The number of hydrogen-bond acceptors (Lipinski definition) is 4. The quantitative estimate of drug-likeness (QED) is 0.432. The summed E-state index contributed by atoms with van der Waals surface area (Å²) in [6.07, 6.45) is 0.275. The summed E-state index contributed by atoms with van der Waals surface area (Å²) in [6.45, 7) is 7.14. The molecule has 0 aliphatic heterocycles. The van der Waals surface area contributed by atoms with Gasteiger partial charge in [-0.15, -0.1) is 0 Å². The van der Waals surface area contributed by atoms with Crippen LogP contribution in [0.3, 0.4) is 0 Å². The van der Waals surface area contributed by atoms with Crippen LogP contribution in [0.4, 0.5) is 18.9 Å². The number of alkyl halides is 3. The topological polar surface area (TPSA) is 67.8 Å². The van der Waals surface area contributed by atoms with Crippen LogP contribution >= 0.6 is 11.6 Å². The van der Waals surface area contributed by atoms with Crippen molar-refractivity contribution in [2.75, 3.05) is 11.3 Å². The number of rotatable bonds is 7. The Labute approximate surface area is 143 Å². The molecule has 0 amide bonds. The fourth-order valence-electron chi connectivity index (χ4n) is 1.57. The van der Waals surface area contributed by atoms with E-state index in [1.54, 1.807) is 13.8 Å². The van der Waals surface area contributed by atoms with Crippen molar-refractivity contribution in [1.29, 1.82) is 0 Å². The molecule has 0 heterocycles. The third-order valence-electron chi connectivity index (χ3n) is 2.66. The van der Waals surface area contributed by atoms with E-state index in [2.05, 4.69) is 11.7 Å². The third-order valence-corrected chi connectivity index (χ3v) is 4.00. The Hall–Kier alpha value is -1.74. The molecule has 1 aromatic rings. The summed E-state index contributed by atoms with van der Waals surface area (Å²) in [6, 6.07) is 3.70. The van der Waals surface area contributed by atoms with Crippen molar-refractivity contribution in [2.45, 2.75) is 25.8 Å². The van der Waals surface area contributed by atoms with Crippen LogP contribution in [-0.4, -0.2) is 26.2 Å². The van der Waals surface area contributed by atoms with Crippen molar-refractivity contribution in [3.63, 3.8) is 0 Å². The first kappa shape index (κ1) is 20.3. The SMILES string of the molecule is C=C(C)CO/N=C(\CC)c1cc(Cl)ccc1NS(=O)(=O)C(F)(F)F. The number of oxime groups is 1. The molecule has 0 aromatic heterocycles. The van der Waals surface area contributed by atoms with E-state index in [4.69, 9.17) is 16.4 Å². The van der Waals surface area contributed by atoms with E-state index in [-0.39, 0.29) is 35.0 Å². The van der Waals surface area contributed by atoms with Crippen LogP contribution in [0.2, 0.25) is 5.02 Å². The standard InChI is InChI=1S/C14H16ClF3N2O3S/c1-4-12(19-23-8-9(2)3)11-7-10(15)5-6-13(11)20-24(21,22)14(16,17)18/h5-7,20H,2,4,8H2,1,3H3/b19-12+. The zero-order valence-corrected chi connectivity index (χ0v) is 14.5. The van der Waals surface area contributed by atoms with Gasteiger partial charge in [-0.3, -0.25) is 4.72 Å². The second-order valence-corrected chi connectivity index (χ2v) is 6.97. The molecule has 1 aromatic carbocycles. The third kappa shape index (κ3) is 5.41. The number of halogens is 4. The highest BCUT2D eigenvalue weighted by Crippen LogP contribution is 2.29. The van der Waals surface area contributed by atoms with E-state index in [9.17, 15) is 21.6 Å². The van der Waals surface area contributed by atoms with Gasteiger partial charge in [-0.05, 0) is 37.1 Å². The predicted octanol–water partition coefficient (Wildman–Crippen LogP) is 4.31. The first-order valence-corrected chi connectivity index (χ1v) is 8.56. The molecule has 0 aliphatic rings. The minimum Gasteiger partial charge on any atom is -0.391 e. The zero-order valence-electron chi connectivity index (χ0n) is 12.9. The second kappa shape index (κ2) is 7.89. The largest absolute Gasteiger partial charge is 0.516 e. The Bertz CT molecular complexity index is 746. The van der Waals surface area contributed by atoms with E-state index in [1.165, 1.54) is 16.9 Å². The summed E-state index contributed by atoms with van der Waals surface area (Å²) in [7, 11) is -5.56. The van der Waals surface area contributed by atoms with Gasteiger partial charge in [0.25, 0.3) is 0 Å². The molecule has 0 atom stereocenters. The summed E-state index contributed by atoms with van der Waals surface area (Å²) in [5.41, 5.74) is -4.71. The molecule has 1 N–H and O–H groups in total. The molecule has 24 heavy (non-hydrogen) atoms. The van der Waals surface area contributed by atoms with Gasteiger partial charge >= 0.3 is 15.5 Å². The monoisotopic (exact) mass is 384 g/mol. The summed E-state index contributed by atoms with van der Waals surface area (Å²) in [5, 5.41) is 4.04. The van der Waals surface area contributed by atoms with Crippen molar-refractivity contribution in [2.24, 2.45) is 5.16 Å². The van der Waals surface area contributed by atoms with Crippen molar-refractivity contribution in [3.05, 3.63) is 40.9 Å². The van der Waals surface area contributed by atoms with Gasteiger partial charge in [0.05, 0.1) is 11.4 Å². The smallest absolute Gasteiger partial charge is 0.391 e. The Morgan fingerprint density at radius 1 is 1.42 bits per heavy atom. The van der Waals surface area contributed by atoms with Gasteiger partial charge in [-0.1, -0.05) is 30.3 Å². The lowest BCUT2D eigenvalue weighted by Gasteiger charge is -2.15. The molecule has 0 saturated heterocycles. The molecule has 0 fully saturated rings. The molecule has 5 nitrogen and oxygen atoms in total. The first-order chi connectivity index (χ1) is 11.0. The molecule has 0 unspecified atom stereocenters. The normalized spacial score (nSPS) is 12.8. The Balaban J connectivity index is 3.27. The van der Waals surface area contributed by atoms with Gasteiger partial charge < -0.3 is 4.84 Å². The summed E-state index contributed by atoms with van der Waals surface area (Å²) < 4.78 is 61.8. The Morgan fingerprint density at radius 3 is 2.54 bits per heavy atom. The maximum atomic E-state index is 12.6. The molecule has 0 bridgehead atoms. The first-order valence-electron chi connectivity index (χ1n) is 6.70. The van der Waals surface area contributed by atoms with Crippen molar-refractivity contribution in [3.8, 4) is 0 Å². The van der Waals surface area contributed by atoms with Crippen molar-refractivity contribution >= 4 is 33.0 Å². The van der Waals surface area contributed by atoms with Gasteiger partial charge in [0.15, 0.2) is 0 Å². The fraction of sp³-hybridized carbons (Fsp3) is 0.357. The average molecular weight is 385 g/mol. The molecular formula is C14H16ClF3N2O3S. The van der Waals surface area contributed by atoms with Crippen LogP contribution in [0.1, 0.15) is 25.8 Å². The number of nitrogens with zero attached hydrogens (tertiary/aromatic N) is 1. The second-order valence-electron chi connectivity index (χ2n) is 4.86. The maximum Gasteiger partial charge on any atom is 0.516 e. The molecule has 0 aliphatic carbocycles. The van der Waals surface area contributed by atoms with Gasteiger partial charge in [-0.2, -0.15) is 21.6 Å². The van der Waals surface area contributed by atoms with E-state index in [0.717, 1.165) is 6.07 Å². The van der Waals surface area contributed by atoms with Crippen LogP contribution in [0.25, 0.3) is 0 Å². The van der Waals surface area contributed by atoms with Crippen molar-refractivity contribution in [1.82, 2.24) is 0 Å². The van der Waals surface area contributed by atoms with Gasteiger partial charge in [0.2, 0.25) is 0 Å². The average Bonchev–Trinajstić information content (AvgIpc) is 2.44. The number of hydrogen-bond donors (Lipinski definition) is 1. The lowest BCUT2D eigenvalue weighted by atomic mass is 10.1. The molecular weight excluding hydrogens is 369 g/mol. The van der Waals surface area contributed by atoms with Gasteiger partial charge in [0.1, 0.15) is 6.61 Å². The fourth-order valence-corrected chi connectivity index (χ4v) is 2.33. The van der Waals surface area contributed by atoms with Crippen LogP contribution in [0, 0.1) is 0 Å². The summed E-state index contributed by atoms with van der Waals surface area (Å²) in [4.78, 5) is 5.04. The molecule has 0 radical (unpaired) electrons. The van der Waals surface area contributed by atoms with Crippen LogP contribution in [0.5, 0.6) is 0 Å². The molecule has 134 valence electrons. The highest BCUT2D eigenvalue weighted by Gasteiger charge is 2.46.